The Balaban J connectivity index is 1.63. The highest BCUT2D eigenvalue weighted by atomic mass is 15.0. The molecule has 2 heterocycles. The van der Waals surface area contributed by atoms with Crippen LogP contribution >= 0.6 is 0 Å². The molecule has 4 aromatic rings. The Morgan fingerprint density at radius 3 is 2.14 bits per heavy atom. The molecule has 148 valence electrons. The fourth-order valence-electron chi connectivity index (χ4n) is 3.97. The van der Waals surface area contributed by atoms with Crippen molar-refractivity contribution < 1.29 is 0 Å². The predicted molar refractivity (Wildman–Crippen MR) is 123 cm³/mol. The van der Waals surface area contributed by atoms with Gasteiger partial charge in [0.25, 0.3) is 0 Å². The summed E-state index contributed by atoms with van der Waals surface area (Å²) in [5.41, 5.74) is 8.82. The van der Waals surface area contributed by atoms with Gasteiger partial charge in [0.05, 0.1) is 5.69 Å². The lowest BCUT2D eigenvalue weighted by Gasteiger charge is -2.12. The van der Waals surface area contributed by atoms with Crippen molar-refractivity contribution >= 4 is 5.65 Å². The SMILES string of the molecule is CC(C)Cc1ccc(-c2ccc(Cc3ccc(C(C)C)cc3)c3nccn23)cc1. The Bertz CT molecular complexity index is 1080. The van der Waals surface area contributed by atoms with Crippen molar-refractivity contribution in [2.75, 3.05) is 0 Å². The highest BCUT2D eigenvalue weighted by molar-refractivity contribution is 5.66. The topological polar surface area (TPSA) is 17.3 Å². The highest BCUT2D eigenvalue weighted by Gasteiger charge is 2.10. The fourth-order valence-corrected chi connectivity index (χ4v) is 3.97. The first-order chi connectivity index (χ1) is 14.0. The van der Waals surface area contributed by atoms with E-state index in [2.05, 4.69) is 104 Å². The van der Waals surface area contributed by atoms with E-state index >= 15 is 0 Å². The van der Waals surface area contributed by atoms with E-state index in [0.29, 0.717) is 11.8 Å². The van der Waals surface area contributed by atoms with Crippen molar-refractivity contribution in [3.05, 3.63) is 95.3 Å². The molecule has 2 heteroatoms. The normalized spacial score (nSPS) is 11.7. The second kappa shape index (κ2) is 8.24. The van der Waals surface area contributed by atoms with Gasteiger partial charge in [-0.25, -0.2) is 4.98 Å². The number of imidazole rings is 1. The van der Waals surface area contributed by atoms with Gasteiger partial charge in [-0.05, 0) is 52.1 Å². The van der Waals surface area contributed by atoms with Crippen LogP contribution in [0.15, 0.2) is 73.1 Å². The van der Waals surface area contributed by atoms with Crippen molar-refractivity contribution in [3.63, 3.8) is 0 Å². The molecule has 0 bridgehead atoms. The molecule has 0 spiro atoms. The van der Waals surface area contributed by atoms with Crippen molar-refractivity contribution in [1.29, 1.82) is 0 Å². The molecule has 2 nitrogen and oxygen atoms in total. The van der Waals surface area contributed by atoms with Gasteiger partial charge in [-0.1, -0.05) is 82.3 Å². The van der Waals surface area contributed by atoms with Gasteiger partial charge in [0.2, 0.25) is 0 Å². The number of fused-ring (bicyclic) bond motifs is 1. The summed E-state index contributed by atoms with van der Waals surface area (Å²) in [5.74, 6) is 1.24. The Labute approximate surface area is 174 Å². The van der Waals surface area contributed by atoms with Crippen LogP contribution in [-0.4, -0.2) is 9.38 Å². The highest BCUT2D eigenvalue weighted by Crippen LogP contribution is 2.25. The van der Waals surface area contributed by atoms with Gasteiger partial charge in [-0.3, -0.25) is 4.40 Å². The lowest BCUT2D eigenvalue weighted by atomic mass is 9.98. The van der Waals surface area contributed by atoms with Crippen LogP contribution < -0.4 is 0 Å². The summed E-state index contributed by atoms with van der Waals surface area (Å²) >= 11 is 0. The lowest BCUT2D eigenvalue weighted by Crippen LogP contribution is -1.98. The number of aromatic nitrogens is 2. The van der Waals surface area contributed by atoms with Crippen molar-refractivity contribution in [1.82, 2.24) is 9.38 Å². The molecule has 0 aliphatic heterocycles. The van der Waals surface area contributed by atoms with Crippen LogP contribution in [0.4, 0.5) is 0 Å². The largest absolute Gasteiger partial charge is 0.299 e. The lowest BCUT2D eigenvalue weighted by molar-refractivity contribution is 0.647. The van der Waals surface area contributed by atoms with Crippen LogP contribution in [0.5, 0.6) is 0 Å². The summed E-state index contributed by atoms with van der Waals surface area (Å²) in [7, 11) is 0. The molecule has 0 unspecified atom stereocenters. The number of hydrogen-bond donors (Lipinski definition) is 0. The molecule has 0 aliphatic carbocycles. The van der Waals surface area contributed by atoms with E-state index in [1.54, 1.807) is 0 Å². The van der Waals surface area contributed by atoms with Crippen molar-refractivity contribution in [2.45, 2.75) is 46.5 Å². The average molecular weight is 383 g/mol. The van der Waals surface area contributed by atoms with Crippen LogP contribution in [0.1, 0.15) is 55.9 Å². The summed E-state index contributed by atoms with van der Waals surface area (Å²) in [5, 5.41) is 0. The third-order valence-corrected chi connectivity index (χ3v) is 5.56. The molecule has 2 aromatic heterocycles. The van der Waals surface area contributed by atoms with Crippen LogP contribution in [0.2, 0.25) is 0 Å². The molecule has 0 saturated carbocycles. The maximum Gasteiger partial charge on any atom is 0.140 e. The van der Waals surface area contributed by atoms with E-state index in [4.69, 9.17) is 0 Å². The first kappa shape index (κ1) is 19.4. The number of hydrogen-bond acceptors (Lipinski definition) is 1. The second-order valence-corrected chi connectivity index (χ2v) is 8.73. The van der Waals surface area contributed by atoms with E-state index in [9.17, 15) is 0 Å². The average Bonchev–Trinajstić information content (AvgIpc) is 3.19. The zero-order valence-electron chi connectivity index (χ0n) is 17.9. The molecule has 29 heavy (non-hydrogen) atoms. The van der Waals surface area contributed by atoms with Crippen LogP contribution in [0, 0.1) is 5.92 Å². The monoisotopic (exact) mass is 382 g/mol. The summed E-state index contributed by atoms with van der Waals surface area (Å²) < 4.78 is 2.22. The molecule has 0 radical (unpaired) electrons. The standard InChI is InChI=1S/C27H30N2/c1-19(2)17-21-7-11-24(12-8-21)26-14-13-25(27-28-15-16-29(26)27)18-22-5-9-23(10-6-22)20(3)4/h5-16,19-20H,17-18H2,1-4H3. The molecule has 0 fully saturated rings. The van der Waals surface area contributed by atoms with E-state index in [1.165, 1.54) is 33.5 Å². The van der Waals surface area contributed by atoms with E-state index < -0.39 is 0 Å². The number of rotatable bonds is 6. The van der Waals surface area contributed by atoms with Crippen LogP contribution in [-0.2, 0) is 12.8 Å². The van der Waals surface area contributed by atoms with E-state index in [1.807, 2.05) is 6.20 Å². The zero-order chi connectivity index (χ0) is 20.4. The molecule has 4 rings (SSSR count). The second-order valence-electron chi connectivity index (χ2n) is 8.73. The van der Waals surface area contributed by atoms with Gasteiger partial charge in [0.15, 0.2) is 0 Å². The maximum absolute atomic E-state index is 4.67. The van der Waals surface area contributed by atoms with Gasteiger partial charge in [0.1, 0.15) is 5.65 Å². The van der Waals surface area contributed by atoms with Gasteiger partial charge < -0.3 is 0 Å². The summed E-state index contributed by atoms with van der Waals surface area (Å²) in [6.07, 6.45) is 5.98. The fraction of sp³-hybridized carbons (Fsp3) is 0.296. The molecule has 0 saturated heterocycles. The number of nitrogens with zero attached hydrogens (tertiary/aromatic N) is 2. The van der Waals surface area contributed by atoms with E-state index in [-0.39, 0.29) is 0 Å². The molecule has 0 atom stereocenters. The zero-order valence-corrected chi connectivity index (χ0v) is 17.9. The summed E-state index contributed by atoms with van der Waals surface area (Å²) in [6.45, 7) is 8.99. The van der Waals surface area contributed by atoms with Gasteiger partial charge >= 0.3 is 0 Å². The Morgan fingerprint density at radius 2 is 1.48 bits per heavy atom. The third-order valence-electron chi connectivity index (χ3n) is 5.56. The summed E-state index contributed by atoms with van der Waals surface area (Å²) in [6, 6.07) is 22.4. The molecule has 0 N–H and O–H groups in total. The molecule has 0 aliphatic rings. The minimum Gasteiger partial charge on any atom is -0.299 e. The Kier molecular flexibility index (Phi) is 5.53. The van der Waals surface area contributed by atoms with Gasteiger partial charge in [-0.15, -0.1) is 0 Å². The third kappa shape index (κ3) is 4.27. The minimum atomic E-state index is 0.564. The quantitative estimate of drug-likeness (QED) is 0.354. The van der Waals surface area contributed by atoms with Gasteiger partial charge in [0, 0.05) is 18.8 Å². The molecular weight excluding hydrogens is 352 g/mol. The van der Waals surface area contributed by atoms with Crippen LogP contribution in [0.25, 0.3) is 16.9 Å². The van der Waals surface area contributed by atoms with E-state index in [0.717, 1.165) is 18.5 Å². The number of pyridine rings is 1. The first-order valence-corrected chi connectivity index (χ1v) is 10.6. The van der Waals surface area contributed by atoms with Crippen LogP contribution in [0.3, 0.4) is 0 Å². The first-order valence-electron chi connectivity index (χ1n) is 10.6. The molecule has 0 amide bonds. The van der Waals surface area contributed by atoms with Gasteiger partial charge in [-0.2, -0.15) is 0 Å². The predicted octanol–water partition coefficient (Wildman–Crippen LogP) is 6.91. The minimum absolute atomic E-state index is 0.564. The molecular formula is C27H30N2. The Morgan fingerprint density at radius 1 is 0.793 bits per heavy atom. The smallest absolute Gasteiger partial charge is 0.140 e. The van der Waals surface area contributed by atoms with Crippen molar-refractivity contribution in [3.8, 4) is 11.3 Å². The molecule has 2 aromatic carbocycles. The summed E-state index contributed by atoms with van der Waals surface area (Å²) in [4.78, 5) is 4.67. The number of benzene rings is 2. The van der Waals surface area contributed by atoms with Crippen molar-refractivity contribution in [2.24, 2.45) is 5.92 Å². The maximum atomic E-state index is 4.67. The Hall–Kier alpha value is -2.87.